The highest BCUT2D eigenvalue weighted by Crippen LogP contribution is 2.40. The van der Waals surface area contributed by atoms with E-state index in [1.807, 2.05) is 12.1 Å². The van der Waals surface area contributed by atoms with Crippen molar-refractivity contribution in [2.24, 2.45) is 0 Å². The van der Waals surface area contributed by atoms with Crippen LogP contribution in [0.4, 0.5) is 8.78 Å². The molecule has 2 aromatic carbocycles. The van der Waals surface area contributed by atoms with Crippen molar-refractivity contribution in [2.75, 3.05) is 13.2 Å². The number of nitriles is 1. The molecule has 0 radical (unpaired) electrons. The summed E-state index contributed by atoms with van der Waals surface area (Å²) in [5.41, 5.74) is 1.12. The van der Waals surface area contributed by atoms with Crippen LogP contribution in [0.15, 0.2) is 36.4 Å². The molecule has 4 nitrogen and oxygen atoms in total. The summed E-state index contributed by atoms with van der Waals surface area (Å²) >= 11 is 5.95. The molecular weight excluding hydrogens is 386 g/mol. The van der Waals surface area contributed by atoms with Gasteiger partial charge in [0.1, 0.15) is 12.4 Å². The molecule has 2 N–H and O–H groups in total. The minimum absolute atomic E-state index is 0.0593. The minimum Gasteiger partial charge on any atom is -0.488 e. The monoisotopic (exact) mass is 406 g/mol. The molecule has 0 amide bonds. The smallest absolute Gasteiger partial charge is 0.165 e. The van der Waals surface area contributed by atoms with Gasteiger partial charge in [-0.1, -0.05) is 23.7 Å². The van der Waals surface area contributed by atoms with Crippen molar-refractivity contribution >= 4 is 11.6 Å². The Kier molecular flexibility index (Phi) is 6.84. The topological polar surface area (TPSA) is 65.3 Å². The maximum absolute atomic E-state index is 14.7. The molecule has 1 heterocycles. The molecule has 0 spiro atoms. The van der Waals surface area contributed by atoms with Crippen LogP contribution < -0.4 is 10.1 Å². The zero-order valence-corrected chi connectivity index (χ0v) is 15.9. The molecule has 0 saturated carbocycles. The van der Waals surface area contributed by atoms with Crippen LogP contribution in [0.3, 0.4) is 0 Å². The summed E-state index contributed by atoms with van der Waals surface area (Å²) < 4.78 is 34.5. The van der Waals surface area contributed by atoms with Crippen molar-refractivity contribution in [3.63, 3.8) is 0 Å². The average Bonchev–Trinajstić information content (AvgIpc) is 2.68. The predicted molar refractivity (Wildman–Crippen MR) is 102 cm³/mol. The summed E-state index contributed by atoms with van der Waals surface area (Å²) in [6.07, 6.45) is 1.03. The van der Waals surface area contributed by atoms with Gasteiger partial charge in [0.25, 0.3) is 0 Å². The van der Waals surface area contributed by atoms with Gasteiger partial charge in [0, 0.05) is 35.2 Å². The number of nitrogens with one attached hydrogen (secondary N) is 1. The summed E-state index contributed by atoms with van der Waals surface area (Å²) in [4.78, 5) is 0. The third-order valence-corrected chi connectivity index (χ3v) is 5.24. The highest BCUT2D eigenvalue weighted by molar-refractivity contribution is 6.30. The number of hydrogen-bond acceptors (Lipinski definition) is 4. The third kappa shape index (κ3) is 4.61. The Morgan fingerprint density at radius 1 is 1.21 bits per heavy atom. The van der Waals surface area contributed by atoms with Gasteiger partial charge in [0.05, 0.1) is 12.5 Å². The van der Waals surface area contributed by atoms with Crippen LogP contribution in [0.1, 0.15) is 29.9 Å². The number of fused-ring (bicyclic) bond motifs is 1. The molecular formula is C21H21ClF2N2O2. The molecule has 148 valence electrons. The zero-order valence-electron chi connectivity index (χ0n) is 15.2. The number of rotatable bonds is 7. The van der Waals surface area contributed by atoms with Crippen LogP contribution in [0.5, 0.6) is 5.75 Å². The lowest BCUT2D eigenvalue weighted by atomic mass is 9.83. The van der Waals surface area contributed by atoms with Gasteiger partial charge in [-0.05, 0) is 42.7 Å². The molecule has 7 heteroatoms. The lowest BCUT2D eigenvalue weighted by Crippen LogP contribution is -2.48. The summed E-state index contributed by atoms with van der Waals surface area (Å²) in [7, 11) is 0. The van der Waals surface area contributed by atoms with Crippen molar-refractivity contribution < 1.29 is 18.6 Å². The molecule has 1 aliphatic rings. The predicted octanol–water partition coefficient (Wildman–Crippen LogP) is 3.96. The minimum atomic E-state index is -0.597. The molecule has 0 aromatic heterocycles. The number of hydrogen-bond donors (Lipinski definition) is 2. The van der Waals surface area contributed by atoms with Crippen LogP contribution in [0.25, 0.3) is 0 Å². The van der Waals surface area contributed by atoms with Crippen LogP contribution >= 0.6 is 11.6 Å². The second-order valence-electron chi connectivity index (χ2n) is 6.86. The lowest BCUT2D eigenvalue weighted by Gasteiger charge is -2.36. The number of ether oxygens (including phenoxy) is 1. The van der Waals surface area contributed by atoms with E-state index in [9.17, 15) is 13.9 Å². The second kappa shape index (κ2) is 9.33. The average molecular weight is 407 g/mol. The maximum Gasteiger partial charge on any atom is 0.165 e. The quantitative estimate of drug-likeness (QED) is 0.730. The molecule has 3 atom stereocenters. The van der Waals surface area contributed by atoms with Crippen LogP contribution in [0.2, 0.25) is 5.02 Å². The Balaban J connectivity index is 1.95. The van der Waals surface area contributed by atoms with Gasteiger partial charge < -0.3 is 15.2 Å². The largest absolute Gasteiger partial charge is 0.488 e. The van der Waals surface area contributed by atoms with Crippen molar-refractivity contribution in [1.29, 1.82) is 5.26 Å². The first kappa shape index (κ1) is 20.5. The van der Waals surface area contributed by atoms with Crippen LogP contribution in [0, 0.1) is 23.0 Å². The standard InChI is InChI=1S/C21H21ClF2N2O2/c22-14-3-1-13(2-4-14)11-16-19(26-15(7-9-25)8-10-27)12-28-21-18(24)6-5-17(23)20(16)21/h1-6,15-16,19,26-27H,7-8,10-12H2/t15-,16?,19?/m1/s1. The van der Waals surface area contributed by atoms with Gasteiger partial charge >= 0.3 is 0 Å². The first-order chi connectivity index (χ1) is 13.5. The second-order valence-corrected chi connectivity index (χ2v) is 7.30. The van der Waals surface area contributed by atoms with Gasteiger partial charge in [0.2, 0.25) is 0 Å². The zero-order chi connectivity index (χ0) is 20.1. The van der Waals surface area contributed by atoms with E-state index in [2.05, 4.69) is 11.4 Å². The fraction of sp³-hybridized carbons (Fsp3) is 0.381. The van der Waals surface area contributed by atoms with Crippen molar-refractivity contribution in [1.82, 2.24) is 5.32 Å². The van der Waals surface area contributed by atoms with E-state index >= 15 is 0 Å². The number of nitrogens with zero attached hydrogens (tertiary/aromatic N) is 1. The molecule has 0 fully saturated rings. The van der Waals surface area contributed by atoms with Gasteiger partial charge in [0.15, 0.2) is 11.6 Å². The lowest BCUT2D eigenvalue weighted by molar-refractivity contribution is 0.179. The third-order valence-electron chi connectivity index (χ3n) is 4.99. The molecule has 0 saturated heterocycles. The number of aliphatic hydroxyl groups is 1. The summed E-state index contributed by atoms with van der Waals surface area (Å²) in [6, 6.07) is 10.9. The van der Waals surface area contributed by atoms with Gasteiger partial charge in [-0.15, -0.1) is 0 Å². The van der Waals surface area contributed by atoms with E-state index in [4.69, 9.17) is 21.6 Å². The molecule has 0 bridgehead atoms. The Labute approximate surface area is 167 Å². The van der Waals surface area contributed by atoms with E-state index in [-0.39, 0.29) is 43.0 Å². The molecule has 2 aromatic rings. The van der Waals surface area contributed by atoms with Crippen molar-refractivity contribution in [3.8, 4) is 11.8 Å². The van der Waals surface area contributed by atoms with E-state index in [0.29, 0.717) is 17.9 Å². The molecule has 28 heavy (non-hydrogen) atoms. The first-order valence-corrected chi connectivity index (χ1v) is 9.50. The molecule has 1 aliphatic heterocycles. The molecule has 0 aliphatic carbocycles. The fourth-order valence-electron chi connectivity index (χ4n) is 3.63. The van der Waals surface area contributed by atoms with Crippen molar-refractivity contribution in [3.05, 3.63) is 64.2 Å². The van der Waals surface area contributed by atoms with Gasteiger partial charge in [-0.25, -0.2) is 8.78 Å². The van der Waals surface area contributed by atoms with Crippen molar-refractivity contribution in [2.45, 2.75) is 37.3 Å². The SMILES string of the molecule is N#CC[C@H](CCO)NC1COc2c(F)ccc(F)c2C1Cc1ccc(Cl)cc1. The number of benzene rings is 2. The Morgan fingerprint density at radius 3 is 2.61 bits per heavy atom. The van der Waals surface area contributed by atoms with Crippen LogP contribution in [-0.2, 0) is 6.42 Å². The Hall–Kier alpha value is -2.20. The Bertz CT molecular complexity index is 855. The van der Waals surface area contributed by atoms with Gasteiger partial charge in [-0.3, -0.25) is 0 Å². The summed E-state index contributed by atoms with van der Waals surface area (Å²) in [5.74, 6) is -1.59. The van der Waals surface area contributed by atoms with E-state index in [0.717, 1.165) is 17.7 Å². The summed E-state index contributed by atoms with van der Waals surface area (Å²) in [5, 5.41) is 22.2. The first-order valence-electron chi connectivity index (χ1n) is 9.12. The molecule has 2 unspecified atom stereocenters. The normalized spacial score (nSPS) is 19.4. The fourth-order valence-corrected chi connectivity index (χ4v) is 3.75. The van der Waals surface area contributed by atoms with E-state index < -0.39 is 17.6 Å². The number of aliphatic hydroxyl groups excluding tert-OH is 1. The highest BCUT2D eigenvalue weighted by atomic mass is 35.5. The maximum atomic E-state index is 14.7. The highest BCUT2D eigenvalue weighted by Gasteiger charge is 2.36. The number of halogens is 3. The van der Waals surface area contributed by atoms with Gasteiger partial charge in [-0.2, -0.15) is 5.26 Å². The van der Waals surface area contributed by atoms with E-state index in [1.54, 1.807) is 12.1 Å². The molecule has 3 rings (SSSR count). The summed E-state index contributed by atoms with van der Waals surface area (Å²) in [6.45, 7) is 0.0628. The van der Waals surface area contributed by atoms with E-state index in [1.165, 1.54) is 0 Å². The Morgan fingerprint density at radius 2 is 1.93 bits per heavy atom. The van der Waals surface area contributed by atoms with Crippen LogP contribution in [-0.4, -0.2) is 30.4 Å².